The summed E-state index contributed by atoms with van der Waals surface area (Å²) in [5, 5.41) is 6.33. The number of nitrogens with one attached hydrogen (secondary N) is 2. The Morgan fingerprint density at radius 1 is 1.05 bits per heavy atom. The van der Waals surface area contributed by atoms with E-state index in [0.29, 0.717) is 22.4 Å². The lowest BCUT2D eigenvalue weighted by molar-refractivity contribution is -0.117. The van der Waals surface area contributed by atoms with E-state index in [1.165, 1.54) is 17.0 Å². The number of rotatable bonds is 8. The molecule has 0 saturated heterocycles. The fourth-order valence-corrected chi connectivity index (χ4v) is 5.26. The van der Waals surface area contributed by atoms with Crippen LogP contribution >= 0.6 is 0 Å². The van der Waals surface area contributed by atoms with Gasteiger partial charge in [0, 0.05) is 42.5 Å². The van der Waals surface area contributed by atoms with Gasteiger partial charge in [0.2, 0.25) is 5.91 Å². The number of likely N-dealkylation sites (N-methyl/N-ethyl adjacent to an activating group) is 1. The van der Waals surface area contributed by atoms with Crippen molar-refractivity contribution in [2.24, 2.45) is 0 Å². The molecule has 0 aliphatic carbocycles. The first-order valence-corrected chi connectivity index (χ1v) is 14.3. The van der Waals surface area contributed by atoms with E-state index >= 15 is 0 Å². The third kappa shape index (κ3) is 5.76. The van der Waals surface area contributed by atoms with Gasteiger partial charge in [-0.05, 0) is 80.9 Å². The molecule has 0 fully saturated rings. The Balaban J connectivity index is 1.64. The van der Waals surface area contributed by atoms with Gasteiger partial charge in [-0.1, -0.05) is 24.3 Å². The van der Waals surface area contributed by atoms with E-state index in [1.807, 2.05) is 54.9 Å². The number of hydrogen-bond donors (Lipinski definition) is 2. The SMILES string of the molecule is CN[C@@H](C)C(=O)Nc1ncc(-c2cccc(C(=O)N(C)C)c2C)n(Cc2cccc(-n3cc(C)c4cc(F)ccc43)c2)c1=O. The third-order valence-corrected chi connectivity index (χ3v) is 7.86. The molecule has 44 heavy (non-hydrogen) atoms. The van der Waals surface area contributed by atoms with Gasteiger partial charge in [0.05, 0.1) is 30.0 Å². The standard InChI is InChI=1S/C34H35FN6O3/c1-20-18-40(29-14-13-24(35)16-28(20)29)25-10-7-9-23(15-25)19-41-30(17-37-31(34(41)44)38-32(42)22(3)36-4)26-11-8-12-27(21(26)2)33(43)39(5)6/h7-18,22,36H,19H2,1-6H3,(H,37,38,42)/t22-/m0/s1. The van der Waals surface area contributed by atoms with E-state index in [1.54, 1.807) is 57.0 Å². The molecular weight excluding hydrogens is 559 g/mol. The van der Waals surface area contributed by atoms with Gasteiger partial charge in [-0.3, -0.25) is 19.0 Å². The van der Waals surface area contributed by atoms with E-state index in [9.17, 15) is 18.8 Å². The van der Waals surface area contributed by atoms with Crippen molar-refractivity contribution in [3.63, 3.8) is 0 Å². The largest absolute Gasteiger partial charge is 0.345 e. The topological polar surface area (TPSA) is 101 Å². The molecule has 5 rings (SSSR count). The highest BCUT2D eigenvalue weighted by atomic mass is 19.1. The smallest absolute Gasteiger partial charge is 0.294 e. The zero-order valence-electron chi connectivity index (χ0n) is 25.6. The van der Waals surface area contributed by atoms with Crippen molar-refractivity contribution in [2.75, 3.05) is 26.5 Å². The summed E-state index contributed by atoms with van der Waals surface area (Å²) in [6.07, 6.45) is 3.51. The molecule has 2 N–H and O–H groups in total. The van der Waals surface area contributed by atoms with Crippen LogP contribution in [-0.4, -0.2) is 58.0 Å². The van der Waals surface area contributed by atoms with Crippen LogP contribution in [0.2, 0.25) is 0 Å². The van der Waals surface area contributed by atoms with Crippen molar-refractivity contribution in [1.29, 1.82) is 0 Å². The molecule has 5 aromatic rings. The molecule has 0 aliphatic heterocycles. The highest BCUT2D eigenvalue weighted by Gasteiger charge is 2.21. The Bertz CT molecular complexity index is 1960. The average molecular weight is 595 g/mol. The number of benzene rings is 3. The summed E-state index contributed by atoms with van der Waals surface area (Å²) in [6.45, 7) is 5.62. The lowest BCUT2D eigenvalue weighted by Gasteiger charge is -2.19. The molecule has 0 bridgehead atoms. The normalized spacial score (nSPS) is 11.9. The maximum atomic E-state index is 14.0. The number of amides is 2. The average Bonchev–Trinajstić information content (AvgIpc) is 3.34. The molecule has 0 unspecified atom stereocenters. The molecule has 0 aliphatic rings. The number of carbonyl (C=O) groups excluding carboxylic acids is 2. The van der Waals surface area contributed by atoms with Crippen LogP contribution in [0.15, 0.2) is 77.9 Å². The first-order valence-electron chi connectivity index (χ1n) is 14.3. The molecule has 0 radical (unpaired) electrons. The molecule has 0 saturated carbocycles. The van der Waals surface area contributed by atoms with Crippen molar-refractivity contribution in [1.82, 2.24) is 24.3 Å². The maximum absolute atomic E-state index is 14.0. The summed E-state index contributed by atoms with van der Waals surface area (Å²) in [4.78, 5) is 45.4. The summed E-state index contributed by atoms with van der Waals surface area (Å²) in [5.41, 5.74) is 5.39. The number of anilines is 1. The molecule has 226 valence electrons. The second kappa shape index (κ2) is 12.3. The van der Waals surface area contributed by atoms with Crippen LogP contribution in [0.25, 0.3) is 27.8 Å². The van der Waals surface area contributed by atoms with Crippen molar-refractivity contribution in [2.45, 2.75) is 33.4 Å². The molecular formula is C34H35FN6O3. The Morgan fingerprint density at radius 3 is 2.52 bits per heavy atom. The summed E-state index contributed by atoms with van der Waals surface area (Å²) in [7, 11) is 5.03. The van der Waals surface area contributed by atoms with Gasteiger partial charge in [0.25, 0.3) is 11.5 Å². The van der Waals surface area contributed by atoms with Crippen LogP contribution < -0.4 is 16.2 Å². The van der Waals surface area contributed by atoms with Gasteiger partial charge in [-0.2, -0.15) is 0 Å². The van der Waals surface area contributed by atoms with Crippen LogP contribution in [0.5, 0.6) is 0 Å². The number of carbonyl (C=O) groups is 2. The minimum atomic E-state index is -0.537. The Hall–Kier alpha value is -5.09. The highest BCUT2D eigenvalue weighted by Crippen LogP contribution is 2.28. The van der Waals surface area contributed by atoms with Crippen LogP contribution in [0.4, 0.5) is 10.2 Å². The monoisotopic (exact) mass is 594 g/mol. The maximum Gasteiger partial charge on any atom is 0.294 e. The van der Waals surface area contributed by atoms with Crippen LogP contribution in [0, 0.1) is 19.7 Å². The van der Waals surface area contributed by atoms with Gasteiger partial charge < -0.3 is 20.1 Å². The van der Waals surface area contributed by atoms with Crippen molar-refractivity contribution >= 4 is 28.5 Å². The molecule has 2 heterocycles. The predicted octanol–water partition coefficient (Wildman–Crippen LogP) is 4.91. The molecule has 10 heteroatoms. The van der Waals surface area contributed by atoms with Crippen molar-refractivity contribution in [3.8, 4) is 16.9 Å². The number of aryl methyl sites for hydroxylation is 1. The third-order valence-electron chi connectivity index (χ3n) is 7.86. The zero-order valence-corrected chi connectivity index (χ0v) is 25.6. The number of halogens is 1. The van der Waals surface area contributed by atoms with E-state index in [2.05, 4.69) is 15.6 Å². The number of nitrogens with zero attached hydrogens (tertiary/aromatic N) is 4. The van der Waals surface area contributed by atoms with E-state index in [0.717, 1.165) is 27.7 Å². The van der Waals surface area contributed by atoms with Crippen molar-refractivity contribution < 1.29 is 14.0 Å². The minimum Gasteiger partial charge on any atom is -0.345 e. The second-order valence-corrected chi connectivity index (χ2v) is 11.1. The lowest BCUT2D eigenvalue weighted by atomic mass is 9.99. The van der Waals surface area contributed by atoms with Crippen molar-refractivity contribution in [3.05, 3.63) is 111 Å². The van der Waals surface area contributed by atoms with E-state index in [4.69, 9.17) is 0 Å². The molecule has 1 atom stereocenters. The van der Waals surface area contributed by atoms with Gasteiger partial charge >= 0.3 is 0 Å². The first kappa shape index (κ1) is 30.4. The molecule has 3 aromatic carbocycles. The number of aromatic nitrogens is 3. The summed E-state index contributed by atoms with van der Waals surface area (Å²) < 4.78 is 17.5. The first-order chi connectivity index (χ1) is 21.0. The lowest BCUT2D eigenvalue weighted by Crippen LogP contribution is -2.38. The van der Waals surface area contributed by atoms with Crippen LogP contribution in [0.3, 0.4) is 0 Å². The fraction of sp³-hybridized carbons (Fsp3) is 0.235. The highest BCUT2D eigenvalue weighted by molar-refractivity contribution is 5.97. The minimum absolute atomic E-state index is 0.0933. The van der Waals surface area contributed by atoms with Gasteiger partial charge in [0.15, 0.2) is 5.82 Å². The summed E-state index contributed by atoms with van der Waals surface area (Å²) in [6, 6.07) is 17.3. The molecule has 9 nitrogen and oxygen atoms in total. The molecule has 2 amide bonds. The molecule has 0 spiro atoms. The Kier molecular flexibility index (Phi) is 8.46. The van der Waals surface area contributed by atoms with E-state index in [-0.39, 0.29) is 30.0 Å². The van der Waals surface area contributed by atoms with E-state index < -0.39 is 11.6 Å². The quantitative estimate of drug-likeness (QED) is 0.266. The second-order valence-electron chi connectivity index (χ2n) is 11.1. The Morgan fingerprint density at radius 2 is 1.80 bits per heavy atom. The van der Waals surface area contributed by atoms with Crippen LogP contribution in [-0.2, 0) is 11.3 Å². The van der Waals surface area contributed by atoms with Gasteiger partial charge in [-0.15, -0.1) is 0 Å². The summed E-state index contributed by atoms with van der Waals surface area (Å²) >= 11 is 0. The predicted molar refractivity (Wildman–Crippen MR) is 171 cm³/mol. The number of fused-ring (bicyclic) bond motifs is 1. The summed E-state index contributed by atoms with van der Waals surface area (Å²) in [5.74, 6) is -0.933. The van der Waals surface area contributed by atoms with Gasteiger partial charge in [0.1, 0.15) is 5.82 Å². The number of hydrogen-bond acceptors (Lipinski definition) is 5. The Labute approximate surface area is 255 Å². The zero-order chi connectivity index (χ0) is 31.7. The van der Waals surface area contributed by atoms with Crippen LogP contribution in [0.1, 0.15) is 34.0 Å². The van der Waals surface area contributed by atoms with Gasteiger partial charge in [-0.25, -0.2) is 9.37 Å². The fourth-order valence-electron chi connectivity index (χ4n) is 5.26. The molecule has 2 aromatic heterocycles.